The Morgan fingerprint density at radius 2 is 1.56 bits per heavy atom. The summed E-state index contributed by atoms with van der Waals surface area (Å²) in [6, 6.07) is 4.32. The normalized spacial score (nSPS) is 15.8. The van der Waals surface area contributed by atoms with Gasteiger partial charge in [-0.15, -0.1) is 0 Å². The highest BCUT2D eigenvalue weighted by Crippen LogP contribution is 2.37. The monoisotopic (exact) mass is 550 g/mol. The first-order valence-corrected chi connectivity index (χ1v) is 15.6. The van der Waals surface area contributed by atoms with Crippen LogP contribution in [0.5, 0.6) is 6.01 Å². The number of alkyl halides is 3. The Labute approximate surface area is 209 Å². The number of nitrogens with zero attached hydrogens (tertiary/aromatic N) is 4. The van der Waals surface area contributed by atoms with E-state index in [2.05, 4.69) is 48.0 Å². The number of benzene rings is 1. The lowest BCUT2D eigenvalue weighted by molar-refractivity contribution is -0.0502. The summed E-state index contributed by atoms with van der Waals surface area (Å²) in [6.45, 7) is 12.7. The van der Waals surface area contributed by atoms with Crippen LogP contribution in [0.3, 0.4) is 0 Å². The zero-order valence-corrected chi connectivity index (χ0v) is 22.6. The Hall–Kier alpha value is -2.45. The van der Waals surface area contributed by atoms with Gasteiger partial charge in [0, 0.05) is 31.7 Å². The van der Waals surface area contributed by atoms with E-state index < -0.39 is 30.0 Å². The molecule has 1 saturated heterocycles. The molecule has 1 aromatic carbocycles. The van der Waals surface area contributed by atoms with Crippen LogP contribution in [0.1, 0.15) is 26.3 Å². The van der Waals surface area contributed by atoms with E-state index in [-0.39, 0.29) is 17.5 Å². The molecule has 2 heterocycles. The van der Waals surface area contributed by atoms with Crippen molar-refractivity contribution < 1.29 is 34.6 Å². The predicted octanol–water partition coefficient (Wildman–Crippen LogP) is 4.69. The molecular formula is C22H30F4N4O4SSi. The Morgan fingerprint density at radius 1 is 1.00 bits per heavy atom. The van der Waals surface area contributed by atoms with E-state index >= 15 is 4.39 Å². The van der Waals surface area contributed by atoms with Crippen molar-refractivity contribution in [2.24, 2.45) is 0 Å². The van der Waals surface area contributed by atoms with E-state index in [0.717, 1.165) is 0 Å². The molecule has 0 N–H and O–H groups in total. The van der Waals surface area contributed by atoms with Crippen LogP contribution in [0.15, 0.2) is 30.6 Å². The maximum atomic E-state index is 15.3. The lowest BCUT2D eigenvalue weighted by Crippen LogP contribution is -2.47. The van der Waals surface area contributed by atoms with Crippen LogP contribution >= 0.6 is 0 Å². The van der Waals surface area contributed by atoms with E-state index in [9.17, 15) is 21.6 Å². The molecule has 0 bridgehead atoms. The molecule has 2 aromatic rings. The topological polar surface area (TPSA) is 84.9 Å². The van der Waals surface area contributed by atoms with Crippen LogP contribution in [0, 0.1) is 5.82 Å². The molecule has 0 spiro atoms. The van der Waals surface area contributed by atoms with Crippen molar-refractivity contribution in [1.29, 1.82) is 0 Å². The summed E-state index contributed by atoms with van der Waals surface area (Å²) in [6.07, 6.45) is 2.37. The standard InChI is InChI=1S/C22H30F4N4O4SSi/c1-21(2,3)36(4,5)33-15-16-7-6-8-18(19(16)23)30-11-9-29(10-12-30)17-13-27-20(28-14-17)34-35(31,32)22(24,25)26/h6-8,13-14H,9-12,15H2,1-5H3. The molecule has 1 fully saturated rings. The second-order valence-corrected chi connectivity index (χ2v) is 16.3. The van der Waals surface area contributed by atoms with Crippen LogP contribution in [-0.4, -0.2) is 58.4 Å². The molecule has 0 saturated carbocycles. The Kier molecular flexibility index (Phi) is 7.91. The van der Waals surface area contributed by atoms with Crippen molar-refractivity contribution in [3.05, 3.63) is 42.0 Å². The summed E-state index contributed by atoms with van der Waals surface area (Å²) in [5.41, 5.74) is -4.13. The molecule has 1 aromatic heterocycles. The fraction of sp³-hybridized carbons (Fsp3) is 0.545. The van der Waals surface area contributed by atoms with E-state index in [1.165, 1.54) is 12.4 Å². The first-order valence-electron chi connectivity index (χ1n) is 11.3. The van der Waals surface area contributed by atoms with Gasteiger partial charge in [0.1, 0.15) is 0 Å². The molecule has 14 heteroatoms. The van der Waals surface area contributed by atoms with Gasteiger partial charge in [-0.1, -0.05) is 32.9 Å². The number of piperazine rings is 1. The molecule has 1 aliphatic heterocycles. The summed E-state index contributed by atoms with van der Waals surface area (Å²) in [5.74, 6) is -0.319. The Morgan fingerprint density at radius 3 is 2.08 bits per heavy atom. The van der Waals surface area contributed by atoms with Crippen molar-refractivity contribution in [2.75, 3.05) is 36.0 Å². The molecular weight excluding hydrogens is 520 g/mol. The van der Waals surface area contributed by atoms with Gasteiger partial charge in [0.05, 0.1) is 30.4 Å². The van der Waals surface area contributed by atoms with Gasteiger partial charge in [-0.2, -0.15) is 21.6 Å². The first kappa shape index (κ1) is 28.1. The van der Waals surface area contributed by atoms with Crippen molar-refractivity contribution >= 4 is 29.8 Å². The smallest absolute Gasteiger partial charge is 0.412 e. The molecule has 0 unspecified atom stereocenters. The van der Waals surface area contributed by atoms with Crippen molar-refractivity contribution in [3.8, 4) is 6.01 Å². The third kappa shape index (κ3) is 6.26. The van der Waals surface area contributed by atoms with E-state index in [1.807, 2.05) is 9.80 Å². The molecule has 36 heavy (non-hydrogen) atoms. The molecule has 8 nitrogen and oxygen atoms in total. The highest BCUT2D eigenvalue weighted by Gasteiger charge is 2.49. The zero-order valence-electron chi connectivity index (χ0n) is 20.8. The summed E-state index contributed by atoms with van der Waals surface area (Å²) in [4.78, 5) is 10.9. The summed E-state index contributed by atoms with van der Waals surface area (Å²) in [7, 11) is -7.88. The average molecular weight is 551 g/mol. The highest BCUT2D eigenvalue weighted by atomic mass is 32.2. The van der Waals surface area contributed by atoms with Crippen LogP contribution in [-0.2, 0) is 21.2 Å². The second kappa shape index (κ2) is 10.1. The Balaban J connectivity index is 1.63. The van der Waals surface area contributed by atoms with Crippen LogP contribution in [0.4, 0.5) is 28.9 Å². The lowest BCUT2D eigenvalue weighted by atomic mass is 10.1. The predicted molar refractivity (Wildman–Crippen MR) is 130 cm³/mol. The number of hydrogen-bond acceptors (Lipinski definition) is 8. The number of hydrogen-bond donors (Lipinski definition) is 0. The summed E-state index contributed by atoms with van der Waals surface area (Å²) in [5, 5.41) is 0.0119. The summed E-state index contributed by atoms with van der Waals surface area (Å²) >= 11 is 0. The minimum absolute atomic E-state index is 0.0119. The van der Waals surface area contributed by atoms with Gasteiger partial charge in [-0.05, 0) is 24.2 Å². The molecule has 0 radical (unpaired) electrons. The third-order valence-electron chi connectivity index (χ3n) is 6.52. The van der Waals surface area contributed by atoms with Crippen LogP contribution < -0.4 is 14.0 Å². The summed E-state index contributed by atoms with van der Waals surface area (Å²) < 4.78 is 84.9. The van der Waals surface area contributed by atoms with Crippen molar-refractivity contribution in [1.82, 2.24) is 9.97 Å². The second-order valence-electron chi connectivity index (χ2n) is 9.98. The number of halogens is 4. The van der Waals surface area contributed by atoms with Gasteiger partial charge in [-0.3, -0.25) is 0 Å². The van der Waals surface area contributed by atoms with Gasteiger partial charge < -0.3 is 18.4 Å². The molecule has 1 aliphatic rings. The number of anilines is 2. The van der Waals surface area contributed by atoms with E-state index in [0.29, 0.717) is 43.1 Å². The third-order valence-corrected chi connectivity index (χ3v) is 11.9. The highest BCUT2D eigenvalue weighted by molar-refractivity contribution is 7.87. The Bertz CT molecular complexity index is 1160. The lowest BCUT2D eigenvalue weighted by Gasteiger charge is -2.38. The maximum absolute atomic E-state index is 15.3. The average Bonchev–Trinajstić information content (AvgIpc) is 2.77. The van der Waals surface area contributed by atoms with Gasteiger partial charge in [-0.25, -0.2) is 14.4 Å². The molecule has 3 rings (SSSR count). The molecule has 0 atom stereocenters. The maximum Gasteiger partial charge on any atom is 0.534 e. The SMILES string of the molecule is CC(C)(C)[Si](C)(C)OCc1cccc(N2CCN(c3cnc(OS(=O)(=O)C(F)(F)F)nc3)CC2)c1F. The van der Waals surface area contributed by atoms with E-state index in [1.54, 1.807) is 18.2 Å². The van der Waals surface area contributed by atoms with Crippen LogP contribution in [0.25, 0.3) is 0 Å². The molecule has 0 aliphatic carbocycles. The van der Waals surface area contributed by atoms with Gasteiger partial charge in [0.15, 0.2) is 14.1 Å². The van der Waals surface area contributed by atoms with Gasteiger partial charge in [0.2, 0.25) is 0 Å². The fourth-order valence-electron chi connectivity index (χ4n) is 3.26. The minimum Gasteiger partial charge on any atom is -0.412 e. The molecule has 200 valence electrons. The van der Waals surface area contributed by atoms with Crippen molar-refractivity contribution in [3.63, 3.8) is 0 Å². The quantitative estimate of drug-likeness (QED) is 0.213. The van der Waals surface area contributed by atoms with Gasteiger partial charge >= 0.3 is 21.6 Å². The number of rotatable bonds is 7. The van der Waals surface area contributed by atoms with E-state index in [4.69, 9.17) is 4.43 Å². The first-order chi connectivity index (χ1) is 16.5. The zero-order chi connectivity index (χ0) is 26.9. The fourth-order valence-corrected chi connectivity index (χ4v) is 4.59. The number of aromatic nitrogens is 2. The van der Waals surface area contributed by atoms with Crippen LogP contribution in [0.2, 0.25) is 18.1 Å². The van der Waals surface area contributed by atoms with Gasteiger partial charge in [0.25, 0.3) is 0 Å². The largest absolute Gasteiger partial charge is 0.534 e. The minimum atomic E-state index is -5.84. The van der Waals surface area contributed by atoms with Crippen molar-refractivity contribution in [2.45, 2.75) is 51.0 Å². The molecule has 0 amide bonds.